The van der Waals surface area contributed by atoms with Gasteiger partial charge in [-0.1, -0.05) is 18.2 Å². The summed E-state index contributed by atoms with van der Waals surface area (Å²) in [6, 6.07) is 11.9. The number of aromatic nitrogens is 1. The van der Waals surface area contributed by atoms with Gasteiger partial charge in [0, 0.05) is 13.3 Å². The summed E-state index contributed by atoms with van der Waals surface area (Å²) in [6.07, 6.45) is 1.88. The molecule has 0 fully saturated rings. The van der Waals surface area contributed by atoms with E-state index >= 15 is 0 Å². The number of amides is 1. The molecule has 1 aromatic heterocycles. The Bertz CT molecular complexity index is 587. The minimum atomic E-state index is -0.291. The Morgan fingerprint density at radius 3 is 2.86 bits per heavy atom. The maximum atomic E-state index is 12.1. The summed E-state index contributed by atoms with van der Waals surface area (Å²) in [7, 11) is 1.58. The second-order valence-electron chi connectivity index (χ2n) is 4.68. The highest BCUT2D eigenvalue weighted by Crippen LogP contribution is 2.13. The van der Waals surface area contributed by atoms with Gasteiger partial charge >= 0.3 is 0 Å². The van der Waals surface area contributed by atoms with Gasteiger partial charge in [0.15, 0.2) is 0 Å². The number of pyridine rings is 1. The van der Waals surface area contributed by atoms with E-state index in [0.717, 1.165) is 11.3 Å². The van der Waals surface area contributed by atoms with Gasteiger partial charge in [0.1, 0.15) is 5.75 Å². The number of phenolic OH excluding ortho intramolecular Hbond substituents is 1. The summed E-state index contributed by atoms with van der Waals surface area (Å²) in [5, 5.41) is 12.3. The lowest BCUT2D eigenvalue weighted by atomic mass is 10.1. The van der Waals surface area contributed by atoms with E-state index in [0.29, 0.717) is 6.61 Å². The Balaban J connectivity index is 2.02. The number of carbonyl (C=O) groups excluding carboxylic acids is 1. The Morgan fingerprint density at radius 1 is 1.33 bits per heavy atom. The maximum absolute atomic E-state index is 12.1. The molecule has 5 nitrogen and oxygen atoms in total. The molecule has 0 aliphatic carbocycles. The Hall–Kier alpha value is -2.40. The maximum Gasteiger partial charge on any atom is 0.225 e. The van der Waals surface area contributed by atoms with Crippen LogP contribution in [0.4, 0.5) is 0 Å². The van der Waals surface area contributed by atoms with Crippen LogP contribution in [0, 0.1) is 0 Å². The first kappa shape index (κ1) is 15.0. The zero-order chi connectivity index (χ0) is 15.1. The third-order valence-electron chi connectivity index (χ3n) is 2.99. The second-order valence-corrected chi connectivity index (χ2v) is 4.68. The van der Waals surface area contributed by atoms with Gasteiger partial charge in [0.25, 0.3) is 0 Å². The van der Waals surface area contributed by atoms with Gasteiger partial charge in [-0.2, -0.15) is 0 Å². The molecule has 2 rings (SSSR count). The van der Waals surface area contributed by atoms with Crippen molar-refractivity contribution in [3.05, 3.63) is 59.9 Å². The zero-order valence-electron chi connectivity index (χ0n) is 11.8. The third kappa shape index (κ3) is 4.57. The SMILES string of the molecule is COC[C@@H](NC(=O)Cc1cccc(O)c1)c1ccccn1. The fraction of sp³-hybridized carbons (Fsp3) is 0.250. The lowest BCUT2D eigenvalue weighted by molar-refractivity contribution is -0.121. The molecule has 1 amide bonds. The number of rotatable bonds is 6. The Labute approximate surface area is 123 Å². The summed E-state index contributed by atoms with van der Waals surface area (Å²) in [4.78, 5) is 16.3. The molecule has 0 saturated heterocycles. The molecule has 21 heavy (non-hydrogen) atoms. The highest BCUT2D eigenvalue weighted by Gasteiger charge is 2.15. The largest absolute Gasteiger partial charge is 0.508 e. The number of nitrogens with zero attached hydrogens (tertiary/aromatic N) is 1. The highest BCUT2D eigenvalue weighted by atomic mass is 16.5. The van der Waals surface area contributed by atoms with E-state index < -0.39 is 0 Å². The molecule has 1 aromatic carbocycles. The van der Waals surface area contributed by atoms with Crippen LogP contribution in [-0.2, 0) is 16.0 Å². The standard InChI is InChI=1S/C16H18N2O3/c1-21-11-15(14-7-2-3-8-17-14)18-16(20)10-12-5-4-6-13(19)9-12/h2-9,15,19H,10-11H2,1H3,(H,18,20)/t15-/m1/s1. The molecular weight excluding hydrogens is 268 g/mol. The lowest BCUT2D eigenvalue weighted by Crippen LogP contribution is -2.33. The van der Waals surface area contributed by atoms with Crippen LogP contribution in [-0.4, -0.2) is 29.7 Å². The van der Waals surface area contributed by atoms with Crippen LogP contribution in [0.1, 0.15) is 17.3 Å². The van der Waals surface area contributed by atoms with Crippen molar-refractivity contribution in [2.75, 3.05) is 13.7 Å². The predicted molar refractivity (Wildman–Crippen MR) is 78.8 cm³/mol. The van der Waals surface area contributed by atoms with E-state index in [1.54, 1.807) is 37.6 Å². The summed E-state index contributed by atoms with van der Waals surface area (Å²) in [6.45, 7) is 0.350. The summed E-state index contributed by atoms with van der Waals surface area (Å²) >= 11 is 0. The van der Waals surface area contributed by atoms with E-state index in [2.05, 4.69) is 10.3 Å². The van der Waals surface area contributed by atoms with Crippen molar-refractivity contribution in [3.63, 3.8) is 0 Å². The summed E-state index contributed by atoms with van der Waals surface area (Å²) < 4.78 is 5.13. The van der Waals surface area contributed by atoms with Gasteiger partial charge in [0.05, 0.1) is 24.8 Å². The van der Waals surface area contributed by atoms with E-state index in [9.17, 15) is 9.90 Å². The van der Waals surface area contributed by atoms with Crippen LogP contribution in [0.25, 0.3) is 0 Å². The van der Waals surface area contributed by atoms with E-state index in [-0.39, 0.29) is 24.1 Å². The molecule has 2 aromatic rings. The number of phenols is 1. The molecule has 0 saturated carbocycles. The molecule has 5 heteroatoms. The highest BCUT2D eigenvalue weighted by molar-refractivity contribution is 5.79. The van der Waals surface area contributed by atoms with Crippen molar-refractivity contribution < 1.29 is 14.6 Å². The molecule has 0 bridgehead atoms. The first-order chi connectivity index (χ1) is 10.2. The summed E-state index contributed by atoms with van der Waals surface area (Å²) in [5.74, 6) is 0.00627. The number of hydrogen-bond donors (Lipinski definition) is 2. The quantitative estimate of drug-likeness (QED) is 0.850. The number of benzene rings is 1. The average Bonchev–Trinajstić information content (AvgIpc) is 2.47. The van der Waals surface area contributed by atoms with E-state index in [1.807, 2.05) is 18.2 Å². The third-order valence-corrected chi connectivity index (χ3v) is 2.99. The van der Waals surface area contributed by atoms with Crippen molar-refractivity contribution in [2.45, 2.75) is 12.5 Å². The molecule has 110 valence electrons. The van der Waals surface area contributed by atoms with E-state index in [4.69, 9.17) is 4.74 Å². The van der Waals surface area contributed by atoms with Gasteiger partial charge in [-0.25, -0.2) is 0 Å². The van der Waals surface area contributed by atoms with Gasteiger partial charge < -0.3 is 15.2 Å². The topological polar surface area (TPSA) is 71.5 Å². The molecule has 0 aliphatic heterocycles. The van der Waals surface area contributed by atoms with Crippen LogP contribution in [0.5, 0.6) is 5.75 Å². The molecular formula is C16H18N2O3. The molecule has 0 radical (unpaired) electrons. The molecule has 2 N–H and O–H groups in total. The Kier molecular flexibility index (Phi) is 5.29. The number of hydrogen-bond acceptors (Lipinski definition) is 4. The summed E-state index contributed by atoms with van der Waals surface area (Å²) in [5.41, 5.74) is 1.51. The monoisotopic (exact) mass is 286 g/mol. The van der Waals surface area contributed by atoms with Crippen molar-refractivity contribution in [1.82, 2.24) is 10.3 Å². The Morgan fingerprint density at radius 2 is 2.19 bits per heavy atom. The van der Waals surface area contributed by atoms with E-state index in [1.165, 1.54) is 0 Å². The van der Waals surface area contributed by atoms with Crippen LogP contribution in [0.15, 0.2) is 48.7 Å². The average molecular weight is 286 g/mol. The normalized spacial score (nSPS) is 11.9. The fourth-order valence-corrected chi connectivity index (χ4v) is 2.05. The van der Waals surface area contributed by atoms with Crippen molar-refractivity contribution in [3.8, 4) is 5.75 Å². The lowest BCUT2D eigenvalue weighted by Gasteiger charge is -2.17. The number of aromatic hydroxyl groups is 1. The van der Waals surface area contributed by atoms with Crippen LogP contribution in [0.2, 0.25) is 0 Å². The number of carbonyl (C=O) groups is 1. The molecule has 0 spiro atoms. The fourth-order valence-electron chi connectivity index (χ4n) is 2.05. The minimum absolute atomic E-state index is 0.145. The first-order valence-corrected chi connectivity index (χ1v) is 6.66. The molecule has 1 heterocycles. The van der Waals surface area contributed by atoms with Gasteiger partial charge in [-0.15, -0.1) is 0 Å². The number of nitrogens with one attached hydrogen (secondary N) is 1. The van der Waals surface area contributed by atoms with Crippen molar-refractivity contribution >= 4 is 5.91 Å². The molecule has 0 unspecified atom stereocenters. The minimum Gasteiger partial charge on any atom is -0.508 e. The van der Waals surface area contributed by atoms with Crippen LogP contribution >= 0.6 is 0 Å². The number of methoxy groups -OCH3 is 1. The smallest absolute Gasteiger partial charge is 0.225 e. The van der Waals surface area contributed by atoms with Gasteiger partial charge in [0.2, 0.25) is 5.91 Å². The van der Waals surface area contributed by atoms with Crippen LogP contribution < -0.4 is 5.32 Å². The number of ether oxygens (including phenoxy) is 1. The second kappa shape index (κ2) is 7.40. The van der Waals surface area contributed by atoms with Crippen LogP contribution in [0.3, 0.4) is 0 Å². The van der Waals surface area contributed by atoms with Gasteiger partial charge in [-0.3, -0.25) is 9.78 Å². The van der Waals surface area contributed by atoms with Crippen molar-refractivity contribution in [1.29, 1.82) is 0 Å². The van der Waals surface area contributed by atoms with Crippen molar-refractivity contribution in [2.24, 2.45) is 0 Å². The predicted octanol–water partition coefficient (Wildman–Crippen LogP) is 1.83. The van der Waals surface area contributed by atoms with Gasteiger partial charge in [-0.05, 0) is 29.8 Å². The first-order valence-electron chi connectivity index (χ1n) is 6.66. The zero-order valence-corrected chi connectivity index (χ0v) is 11.8. The molecule has 1 atom stereocenters. The molecule has 0 aliphatic rings.